The van der Waals surface area contributed by atoms with Crippen LogP contribution < -0.4 is 9.47 Å². The molecule has 0 saturated heterocycles. The first-order chi connectivity index (χ1) is 11.5. The maximum Gasteiger partial charge on any atom is 0.311 e. The normalized spacial score (nSPS) is 11.8. The molecule has 0 heterocycles. The number of rotatable bonds is 7. The molecule has 0 aliphatic heterocycles. The maximum atomic E-state index is 11.7. The highest BCUT2D eigenvalue weighted by Gasteiger charge is 2.22. The number of carboxylic acids is 1. The van der Waals surface area contributed by atoms with E-state index < -0.39 is 11.9 Å². The Morgan fingerprint density at radius 2 is 1.92 bits per heavy atom. The van der Waals surface area contributed by atoms with Gasteiger partial charge in [-0.2, -0.15) is 0 Å². The Balaban J connectivity index is 2.32. The second-order valence-electron chi connectivity index (χ2n) is 5.23. The van der Waals surface area contributed by atoms with Gasteiger partial charge in [-0.1, -0.05) is 23.7 Å². The standard InChI is InChI=1S/C18H19ClO5/c1-3-24-16-10-11(9-15(19)17(16)20)8-14(18(21)22)12-4-6-13(23-2)7-5-12/h4-7,9-10,14,20H,3,8H2,1-2H3,(H,21,22). The van der Waals surface area contributed by atoms with Crippen molar-refractivity contribution < 1.29 is 24.5 Å². The zero-order chi connectivity index (χ0) is 17.7. The van der Waals surface area contributed by atoms with Crippen LogP contribution in [0.3, 0.4) is 0 Å². The lowest BCUT2D eigenvalue weighted by Gasteiger charge is -2.15. The van der Waals surface area contributed by atoms with Crippen LogP contribution in [0.5, 0.6) is 17.2 Å². The van der Waals surface area contributed by atoms with Gasteiger partial charge in [0.1, 0.15) is 5.75 Å². The number of halogens is 1. The van der Waals surface area contributed by atoms with Gasteiger partial charge >= 0.3 is 5.97 Å². The molecule has 2 aromatic carbocycles. The number of carboxylic acid groups (broad SMARTS) is 1. The van der Waals surface area contributed by atoms with Crippen LogP contribution in [0.25, 0.3) is 0 Å². The Morgan fingerprint density at radius 1 is 1.25 bits per heavy atom. The summed E-state index contributed by atoms with van der Waals surface area (Å²) in [6, 6.07) is 10.1. The number of carbonyl (C=O) groups is 1. The highest BCUT2D eigenvalue weighted by molar-refractivity contribution is 6.32. The zero-order valence-corrected chi connectivity index (χ0v) is 14.2. The first kappa shape index (κ1) is 17.9. The maximum absolute atomic E-state index is 11.7. The quantitative estimate of drug-likeness (QED) is 0.792. The molecule has 0 bridgehead atoms. The van der Waals surface area contributed by atoms with Gasteiger partial charge in [0.15, 0.2) is 11.5 Å². The van der Waals surface area contributed by atoms with Crippen molar-refractivity contribution in [3.63, 3.8) is 0 Å². The number of aliphatic carboxylic acids is 1. The topological polar surface area (TPSA) is 76.0 Å². The van der Waals surface area contributed by atoms with Gasteiger partial charge in [-0.05, 0) is 48.7 Å². The third kappa shape index (κ3) is 4.11. The number of phenols is 1. The summed E-state index contributed by atoms with van der Waals surface area (Å²) in [6.45, 7) is 2.16. The molecular weight excluding hydrogens is 332 g/mol. The lowest BCUT2D eigenvalue weighted by molar-refractivity contribution is -0.138. The highest BCUT2D eigenvalue weighted by Crippen LogP contribution is 2.36. The van der Waals surface area contributed by atoms with E-state index in [1.54, 1.807) is 50.4 Å². The van der Waals surface area contributed by atoms with E-state index in [-0.39, 0.29) is 22.9 Å². The van der Waals surface area contributed by atoms with E-state index in [1.165, 1.54) is 0 Å². The molecule has 0 saturated carbocycles. The van der Waals surface area contributed by atoms with Crippen molar-refractivity contribution in [1.82, 2.24) is 0 Å². The van der Waals surface area contributed by atoms with E-state index in [1.807, 2.05) is 0 Å². The highest BCUT2D eigenvalue weighted by atomic mass is 35.5. The van der Waals surface area contributed by atoms with Gasteiger partial charge in [0.05, 0.1) is 24.7 Å². The SMILES string of the molecule is CCOc1cc(CC(C(=O)O)c2ccc(OC)cc2)cc(Cl)c1O. The summed E-state index contributed by atoms with van der Waals surface area (Å²) in [4.78, 5) is 11.7. The van der Waals surface area contributed by atoms with Crippen molar-refractivity contribution in [2.24, 2.45) is 0 Å². The Hall–Kier alpha value is -2.40. The molecule has 0 radical (unpaired) electrons. The Labute approximate surface area is 145 Å². The Bertz CT molecular complexity index is 712. The molecule has 1 atom stereocenters. The van der Waals surface area contributed by atoms with Crippen molar-refractivity contribution in [3.8, 4) is 17.2 Å². The number of methoxy groups -OCH3 is 1. The van der Waals surface area contributed by atoms with Crippen LogP contribution in [0.15, 0.2) is 36.4 Å². The summed E-state index contributed by atoms with van der Waals surface area (Å²) in [6.07, 6.45) is 0.224. The van der Waals surface area contributed by atoms with Gasteiger partial charge in [-0.15, -0.1) is 0 Å². The molecule has 0 aromatic heterocycles. The molecule has 0 spiro atoms. The molecule has 6 heteroatoms. The van der Waals surface area contributed by atoms with E-state index in [0.717, 1.165) is 0 Å². The summed E-state index contributed by atoms with van der Waals surface area (Å²) >= 11 is 6.01. The molecule has 0 amide bonds. The number of aromatic hydroxyl groups is 1. The summed E-state index contributed by atoms with van der Waals surface area (Å²) in [7, 11) is 1.55. The lowest BCUT2D eigenvalue weighted by atomic mass is 9.92. The molecule has 0 aliphatic carbocycles. The number of ether oxygens (including phenoxy) is 2. The minimum Gasteiger partial charge on any atom is -0.503 e. The second kappa shape index (κ2) is 7.93. The Morgan fingerprint density at radius 3 is 2.46 bits per heavy atom. The predicted octanol–water partition coefficient (Wildman–Crippen LogP) is 3.86. The summed E-state index contributed by atoms with van der Waals surface area (Å²) in [5, 5.41) is 19.6. The van der Waals surface area contributed by atoms with Gasteiger partial charge in [0, 0.05) is 0 Å². The van der Waals surface area contributed by atoms with E-state index in [2.05, 4.69) is 0 Å². The van der Waals surface area contributed by atoms with Crippen molar-refractivity contribution in [2.45, 2.75) is 19.3 Å². The number of benzene rings is 2. The fourth-order valence-corrected chi connectivity index (χ4v) is 2.66. The van der Waals surface area contributed by atoms with Crippen LogP contribution in [0.1, 0.15) is 24.0 Å². The van der Waals surface area contributed by atoms with Gasteiger partial charge in [0.25, 0.3) is 0 Å². The smallest absolute Gasteiger partial charge is 0.311 e. The van der Waals surface area contributed by atoms with Crippen LogP contribution in [0.4, 0.5) is 0 Å². The molecular formula is C18H19ClO5. The van der Waals surface area contributed by atoms with Crippen molar-refractivity contribution in [2.75, 3.05) is 13.7 Å². The number of phenolic OH excluding ortho intramolecular Hbond substituents is 1. The summed E-state index contributed by atoms with van der Waals surface area (Å²) in [5.74, 6) is -0.917. The lowest BCUT2D eigenvalue weighted by Crippen LogP contribution is -2.14. The van der Waals surface area contributed by atoms with Gasteiger partial charge in [0.2, 0.25) is 0 Å². The minimum atomic E-state index is -0.942. The third-order valence-electron chi connectivity index (χ3n) is 3.64. The van der Waals surface area contributed by atoms with Gasteiger partial charge in [-0.3, -0.25) is 4.79 Å². The van der Waals surface area contributed by atoms with Crippen molar-refractivity contribution >= 4 is 17.6 Å². The first-order valence-electron chi connectivity index (χ1n) is 7.47. The monoisotopic (exact) mass is 350 g/mol. The van der Waals surface area contributed by atoms with Crippen LogP contribution in [-0.2, 0) is 11.2 Å². The van der Waals surface area contributed by atoms with E-state index >= 15 is 0 Å². The van der Waals surface area contributed by atoms with Crippen molar-refractivity contribution in [3.05, 3.63) is 52.5 Å². The average molecular weight is 351 g/mol. The molecule has 0 fully saturated rings. The summed E-state index contributed by atoms with van der Waals surface area (Å²) in [5.41, 5.74) is 1.33. The molecule has 24 heavy (non-hydrogen) atoms. The Kier molecular flexibility index (Phi) is 5.93. The van der Waals surface area contributed by atoms with Crippen molar-refractivity contribution in [1.29, 1.82) is 0 Å². The molecule has 2 aromatic rings. The molecule has 128 valence electrons. The minimum absolute atomic E-state index is 0.134. The fourth-order valence-electron chi connectivity index (χ4n) is 2.43. The van der Waals surface area contributed by atoms with E-state index in [4.69, 9.17) is 21.1 Å². The number of hydrogen-bond acceptors (Lipinski definition) is 4. The van der Waals surface area contributed by atoms with Crippen LogP contribution in [0, 0.1) is 0 Å². The van der Waals surface area contributed by atoms with Crippen LogP contribution in [0.2, 0.25) is 5.02 Å². The zero-order valence-electron chi connectivity index (χ0n) is 13.5. The third-order valence-corrected chi connectivity index (χ3v) is 3.93. The van der Waals surface area contributed by atoms with E-state index in [0.29, 0.717) is 23.5 Å². The van der Waals surface area contributed by atoms with Gasteiger partial charge in [-0.25, -0.2) is 0 Å². The molecule has 2 N–H and O–H groups in total. The van der Waals surface area contributed by atoms with Gasteiger partial charge < -0.3 is 19.7 Å². The number of hydrogen-bond donors (Lipinski definition) is 2. The average Bonchev–Trinajstić information content (AvgIpc) is 2.57. The molecule has 2 rings (SSSR count). The molecule has 1 unspecified atom stereocenters. The largest absolute Gasteiger partial charge is 0.503 e. The second-order valence-corrected chi connectivity index (χ2v) is 5.63. The van der Waals surface area contributed by atoms with Crippen LogP contribution in [-0.4, -0.2) is 29.9 Å². The molecule has 5 nitrogen and oxygen atoms in total. The summed E-state index contributed by atoms with van der Waals surface area (Å²) < 4.78 is 10.4. The molecule has 0 aliphatic rings. The fraction of sp³-hybridized carbons (Fsp3) is 0.278. The van der Waals surface area contributed by atoms with Crippen LogP contribution >= 0.6 is 11.6 Å². The predicted molar refractivity (Wildman–Crippen MR) is 91.4 cm³/mol. The first-order valence-corrected chi connectivity index (χ1v) is 7.85. The van der Waals surface area contributed by atoms with E-state index in [9.17, 15) is 15.0 Å².